The number of aromatic amines is 1. The maximum absolute atomic E-state index is 12.2. The van der Waals surface area contributed by atoms with Crippen LogP contribution in [-0.4, -0.2) is 40.3 Å². The molecule has 0 radical (unpaired) electrons. The van der Waals surface area contributed by atoms with E-state index in [1.165, 1.54) is 0 Å². The molecular formula is C15H16N4O2. The Labute approximate surface area is 122 Å². The van der Waals surface area contributed by atoms with Gasteiger partial charge in [0.15, 0.2) is 0 Å². The Morgan fingerprint density at radius 3 is 3.00 bits per heavy atom. The SMILES string of the molecule is CN1CC(C(=O)Nc2cccc(-c3ncc[nH]3)c2)CC1=O. The highest BCUT2D eigenvalue weighted by atomic mass is 16.2. The van der Waals surface area contributed by atoms with Crippen molar-refractivity contribution in [3.63, 3.8) is 0 Å². The van der Waals surface area contributed by atoms with E-state index >= 15 is 0 Å². The first kappa shape index (κ1) is 13.4. The van der Waals surface area contributed by atoms with E-state index in [-0.39, 0.29) is 24.2 Å². The Morgan fingerprint density at radius 2 is 2.33 bits per heavy atom. The van der Waals surface area contributed by atoms with E-state index in [4.69, 9.17) is 0 Å². The van der Waals surface area contributed by atoms with Crippen molar-refractivity contribution in [2.75, 3.05) is 18.9 Å². The number of carbonyl (C=O) groups excluding carboxylic acids is 2. The van der Waals surface area contributed by atoms with Crippen LogP contribution in [0.15, 0.2) is 36.7 Å². The third kappa shape index (κ3) is 2.79. The molecule has 6 heteroatoms. The number of hydrogen-bond donors (Lipinski definition) is 2. The molecule has 0 spiro atoms. The highest BCUT2D eigenvalue weighted by molar-refractivity contribution is 5.97. The van der Waals surface area contributed by atoms with Crippen molar-refractivity contribution in [2.24, 2.45) is 5.92 Å². The number of anilines is 1. The van der Waals surface area contributed by atoms with Crippen LogP contribution in [-0.2, 0) is 9.59 Å². The molecule has 1 fully saturated rings. The fourth-order valence-electron chi connectivity index (χ4n) is 2.45. The van der Waals surface area contributed by atoms with Gasteiger partial charge in [0.1, 0.15) is 5.82 Å². The Balaban J connectivity index is 1.72. The van der Waals surface area contributed by atoms with Crippen molar-refractivity contribution >= 4 is 17.5 Å². The van der Waals surface area contributed by atoms with Crippen LogP contribution in [0.25, 0.3) is 11.4 Å². The van der Waals surface area contributed by atoms with Crippen molar-refractivity contribution in [3.05, 3.63) is 36.7 Å². The van der Waals surface area contributed by atoms with Crippen molar-refractivity contribution in [3.8, 4) is 11.4 Å². The number of amides is 2. The van der Waals surface area contributed by atoms with Crippen molar-refractivity contribution in [2.45, 2.75) is 6.42 Å². The summed E-state index contributed by atoms with van der Waals surface area (Å²) in [5.74, 6) is 0.362. The maximum atomic E-state index is 12.2. The second-order valence-corrected chi connectivity index (χ2v) is 5.18. The standard InChI is InChI=1S/C15H16N4O2/c1-19-9-11(8-13(19)20)15(21)18-12-4-2-3-10(7-12)14-16-5-6-17-14/h2-7,11H,8-9H2,1H3,(H,16,17)(H,18,21). The molecule has 1 saturated heterocycles. The summed E-state index contributed by atoms with van der Waals surface area (Å²) in [5.41, 5.74) is 1.60. The lowest BCUT2D eigenvalue weighted by Gasteiger charge is -2.11. The summed E-state index contributed by atoms with van der Waals surface area (Å²) in [5, 5.41) is 2.87. The molecule has 1 aliphatic rings. The number of imidazole rings is 1. The Morgan fingerprint density at radius 1 is 1.48 bits per heavy atom. The van der Waals surface area contributed by atoms with E-state index < -0.39 is 0 Å². The minimum absolute atomic E-state index is 0.0134. The van der Waals surface area contributed by atoms with E-state index in [2.05, 4.69) is 15.3 Å². The normalized spacial score (nSPS) is 18.0. The van der Waals surface area contributed by atoms with Crippen LogP contribution in [0.1, 0.15) is 6.42 Å². The lowest BCUT2D eigenvalue weighted by atomic mass is 10.1. The summed E-state index contributed by atoms with van der Waals surface area (Å²) >= 11 is 0. The molecule has 1 atom stereocenters. The zero-order valence-corrected chi connectivity index (χ0v) is 11.7. The summed E-state index contributed by atoms with van der Waals surface area (Å²) in [6.07, 6.45) is 3.71. The number of benzene rings is 1. The predicted molar refractivity (Wildman–Crippen MR) is 78.4 cm³/mol. The van der Waals surface area contributed by atoms with Gasteiger partial charge in [0.25, 0.3) is 0 Å². The second-order valence-electron chi connectivity index (χ2n) is 5.18. The van der Waals surface area contributed by atoms with Crippen LogP contribution in [0, 0.1) is 5.92 Å². The minimum Gasteiger partial charge on any atom is -0.345 e. The summed E-state index contributed by atoms with van der Waals surface area (Å²) in [6, 6.07) is 7.46. The molecule has 3 rings (SSSR count). The van der Waals surface area contributed by atoms with E-state index in [1.54, 1.807) is 24.3 Å². The summed E-state index contributed by atoms with van der Waals surface area (Å²) < 4.78 is 0. The minimum atomic E-state index is -0.283. The van der Waals surface area contributed by atoms with Gasteiger partial charge in [0, 0.05) is 43.7 Å². The lowest BCUT2D eigenvalue weighted by Crippen LogP contribution is -2.25. The molecule has 1 aliphatic heterocycles. The molecule has 1 aromatic heterocycles. The Kier molecular flexibility index (Phi) is 3.43. The zero-order chi connectivity index (χ0) is 14.8. The van der Waals surface area contributed by atoms with Crippen LogP contribution in [0.5, 0.6) is 0 Å². The van der Waals surface area contributed by atoms with Gasteiger partial charge < -0.3 is 15.2 Å². The predicted octanol–water partition coefficient (Wildman–Crippen LogP) is 1.49. The topological polar surface area (TPSA) is 78.1 Å². The van der Waals surface area contributed by atoms with Gasteiger partial charge in [-0.15, -0.1) is 0 Å². The lowest BCUT2D eigenvalue weighted by molar-refractivity contribution is -0.127. The molecule has 0 bridgehead atoms. The first-order valence-electron chi connectivity index (χ1n) is 6.78. The molecular weight excluding hydrogens is 268 g/mol. The van der Waals surface area contributed by atoms with Crippen molar-refractivity contribution < 1.29 is 9.59 Å². The number of nitrogens with zero attached hydrogens (tertiary/aromatic N) is 2. The third-order valence-electron chi connectivity index (χ3n) is 3.61. The number of likely N-dealkylation sites (tertiary alicyclic amines) is 1. The van der Waals surface area contributed by atoms with Gasteiger partial charge >= 0.3 is 0 Å². The first-order chi connectivity index (χ1) is 10.1. The van der Waals surface area contributed by atoms with Crippen LogP contribution >= 0.6 is 0 Å². The second kappa shape index (κ2) is 5.40. The quantitative estimate of drug-likeness (QED) is 0.896. The van der Waals surface area contributed by atoms with Gasteiger partial charge in [-0.3, -0.25) is 9.59 Å². The Bertz CT molecular complexity index is 666. The fraction of sp³-hybridized carbons (Fsp3) is 0.267. The first-order valence-corrected chi connectivity index (χ1v) is 6.78. The van der Waals surface area contributed by atoms with Gasteiger partial charge in [0.05, 0.1) is 5.92 Å². The molecule has 0 aliphatic carbocycles. The van der Waals surface area contributed by atoms with Crippen molar-refractivity contribution in [1.29, 1.82) is 0 Å². The molecule has 1 unspecified atom stereocenters. The smallest absolute Gasteiger partial charge is 0.229 e. The number of nitrogens with one attached hydrogen (secondary N) is 2. The molecule has 108 valence electrons. The maximum Gasteiger partial charge on any atom is 0.229 e. The molecule has 6 nitrogen and oxygen atoms in total. The number of rotatable bonds is 3. The molecule has 2 aromatic rings. The highest BCUT2D eigenvalue weighted by Crippen LogP contribution is 2.22. The average Bonchev–Trinajstić information content (AvgIpc) is 3.10. The molecule has 2 heterocycles. The van der Waals surface area contributed by atoms with Crippen molar-refractivity contribution in [1.82, 2.24) is 14.9 Å². The van der Waals surface area contributed by atoms with Crippen LogP contribution in [0.2, 0.25) is 0 Å². The van der Waals surface area contributed by atoms with Gasteiger partial charge in [-0.05, 0) is 12.1 Å². The van der Waals surface area contributed by atoms with E-state index in [1.807, 2.05) is 24.3 Å². The van der Waals surface area contributed by atoms with Gasteiger partial charge in [-0.25, -0.2) is 4.98 Å². The average molecular weight is 284 g/mol. The summed E-state index contributed by atoms with van der Waals surface area (Å²) in [7, 11) is 1.72. The van der Waals surface area contributed by atoms with Gasteiger partial charge in [0.2, 0.25) is 11.8 Å². The molecule has 2 amide bonds. The molecule has 2 N–H and O–H groups in total. The molecule has 0 saturated carbocycles. The number of H-pyrrole nitrogens is 1. The largest absolute Gasteiger partial charge is 0.345 e. The third-order valence-corrected chi connectivity index (χ3v) is 3.61. The van der Waals surface area contributed by atoms with E-state index in [9.17, 15) is 9.59 Å². The van der Waals surface area contributed by atoms with Gasteiger partial charge in [-0.1, -0.05) is 12.1 Å². The summed E-state index contributed by atoms with van der Waals surface area (Å²) in [4.78, 5) is 32.5. The number of hydrogen-bond acceptors (Lipinski definition) is 3. The monoisotopic (exact) mass is 284 g/mol. The zero-order valence-electron chi connectivity index (χ0n) is 11.7. The van der Waals surface area contributed by atoms with Crippen LogP contribution in [0.4, 0.5) is 5.69 Å². The Hall–Kier alpha value is -2.63. The summed E-state index contributed by atoms with van der Waals surface area (Å²) in [6.45, 7) is 0.475. The fourth-order valence-corrected chi connectivity index (χ4v) is 2.45. The van der Waals surface area contributed by atoms with Crippen LogP contribution < -0.4 is 5.32 Å². The molecule has 1 aromatic carbocycles. The van der Waals surface area contributed by atoms with Gasteiger partial charge in [-0.2, -0.15) is 0 Å². The highest BCUT2D eigenvalue weighted by Gasteiger charge is 2.32. The van der Waals surface area contributed by atoms with E-state index in [0.29, 0.717) is 12.2 Å². The number of carbonyl (C=O) groups is 2. The number of aromatic nitrogens is 2. The van der Waals surface area contributed by atoms with E-state index in [0.717, 1.165) is 11.4 Å². The van der Waals surface area contributed by atoms with Crippen LogP contribution in [0.3, 0.4) is 0 Å². The molecule has 21 heavy (non-hydrogen) atoms.